The molecule has 4 N–H and O–H groups in total. The van der Waals surface area contributed by atoms with Crippen molar-refractivity contribution in [3.05, 3.63) is 74.6 Å². The average Bonchev–Trinajstić information content (AvgIpc) is 2.83. The largest absolute Gasteiger partial charge is 0.494 e. The number of hydrogen-bond donors (Lipinski definition) is 4. The number of para-hydroxylation sites is 1. The van der Waals surface area contributed by atoms with Gasteiger partial charge in [-0.3, -0.25) is 4.79 Å². The van der Waals surface area contributed by atoms with Gasteiger partial charge in [0.1, 0.15) is 6.04 Å². The second kappa shape index (κ2) is 11.7. The fourth-order valence-corrected chi connectivity index (χ4v) is 3.81. The van der Waals surface area contributed by atoms with Crippen molar-refractivity contribution in [2.75, 3.05) is 19.0 Å². The number of methoxy groups -OCH3 is 1. The molecule has 3 rings (SSSR count). The molecule has 12 heteroatoms. The van der Waals surface area contributed by atoms with Crippen LogP contribution in [-0.4, -0.2) is 51.8 Å². The molecule has 0 saturated heterocycles. The summed E-state index contributed by atoms with van der Waals surface area (Å²) in [5.74, 6) is -0.978. The van der Waals surface area contributed by atoms with Crippen LogP contribution in [-0.2, 0) is 17.8 Å². The van der Waals surface area contributed by atoms with Crippen molar-refractivity contribution in [2.24, 2.45) is 0 Å². The minimum atomic E-state index is -1.25. The van der Waals surface area contributed by atoms with Crippen molar-refractivity contribution in [1.29, 1.82) is 0 Å². The minimum Gasteiger partial charge on any atom is -0.494 e. The van der Waals surface area contributed by atoms with Gasteiger partial charge in [-0.25, -0.2) is 14.3 Å². The maximum Gasteiger partial charge on any atom is 0.326 e. The molecule has 1 heterocycles. The van der Waals surface area contributed by atoms with E-state index in [1.54, 1.807) is 30.3 Å². The van der Waals surface area contributed by atoms with E-state index in [9.17, 15) is 19.5 Å². The molecule has 0 aliphatic heterocycles. The number of halogens is 2. The number of amides is 2. The Labute approximate surface area is 210 Å². The topological polar surface area (TPSA) is 143 Å². The fourth-order valence-electron chi connectivity index (χ4n) is 3.32. The third kappa shape index (κ3) is 6.30. The molecule has 0 bridgehead atoms. The molecule has 35 heavy (non-hydrogen) atoms. The van der Waals surface area contributed by atoms with Crippen LogP contribution in [0.2, 0.25) is 10.0 Å². The molecular weight excluding hydrogens is 499 g/mol. The van der Waals surface area contributed by atoms with Gasteiger partial charge >= 0.3 is 12.0 Å². The van der Waals surface area contributed by atoms with Crippen LogP contribution in [0.15, 0.2) is 53.5 Å². The normalized spacial score (nSPS) is 11.5. The number of nitrogens with one attached hydrogen (secondary N) is 2. The first kappa shape index (κ1) is 26.0. The maximum atomic E-state index is 12.8. The number of aliphatic hydroxyl groups excluding tert-OH is 1. The number of carbonyl (C=O) groups excluding carboxylic acids is 1. The number of nitrogens with zero attached hydrogens (tertiary/aromatic N) is 2. The van der Waals surface area contributed by atoms with Crippen molar-refractivity contribution >= 4 is 40.9 Å². The lowest BCUT2D eigenvalue weighted by Crippen LogP contribution is -2.44. The Bertz CT molecular complexity index is 1260. The van der Waals surface area contributed by atoms with Gasteiger partial charge in [-0.2, -0.15) is 5.10 Å². The van der Waals surface area contributed by atoms with E-state index in [-0.39, 0.29) is 46.6 Å². The Balaban J connectivity index is 1.78. The van der Waals surface area contributed by atoms with Crippen LogP contribution in [0.4, 0.5) is 10.5 Å². The quantitative estimate of drug-likeness (QED) is 0.339. The van der Waals surface area contributed by atoms with E-state index in [2.05, 4.69) is 15.7 Å². The number of anilines is 1. The number of carboxylic acids is 1. The predicted molar refractivity (Wildman–Crippen MR) is 131 cm³/mol. The highest BCUT2D eigenvalue weighted by atomic mass is 35.5. The highest BCUT2D eigenvalue weighted by Crippen LogP contribution is 2.30. The molecule has 1 atom stereocenters. The van der Waals surface area contributed by atoms with Gasteiger partial charge < -0.3 is 25.6 Å². The van der Waals surface area contributed by atoms with Crippen LogP contribution in [0.1, 0.15) is 5.56 Å². The number of rotatable bonds is 9. The Morgan fingerprint density at radius 3 is 2.37 bits per heavy atom. The second-order valence-electron chi connectivity index (χ2n) is 7.33. The number of aromatic nitrogens is 2. The van der Waals surface area contributed by atoms with E-state index in [0.29, 0.717) is 11.1 Å². The van der Waals surface area contributed by atoms with Crippen LogP contribution < -0.4 is 20.9 Å². The van der Waals surface area contributed by atoms with Gasteiger partial charge in [0.15, 0.2) is 5.75 Å². The van der Waals surface area contributed by atoms with Gasteiger partial charge in [-0.15, -0.1) is 0 Å². The van der Waals surface area contributed by atoms with Gasteiger partial charge in [0.2, 0.25) is 0 Å². The van der Waals surface area contributed by atoms with Crippen LogP contribution in [0, 0.1) is 0 Å². The Kier molecular flexibility index (Phi) is 8.69. The Hall–Kier alpha value is -3.60. The van der Waals surface area contributed by atoms with Gasteiger partial charge in [0.05, 0.1) is 47.8 Å². The molecule has 1 aromatic heterocycles. The van der Waals surface area contributed by atoms with Crippen molar-refractivity contribution < 1.29 is 24.5 Å². The van der Waals surface area contributed by atoms with E-state index in [1.807, 2.05) is 0 Å². The number of carboxylic acid groups (broad SMARTS) is 1. The molecular formula is C23H22Cl2N4O6. The first-order valence-corrected chi connectivity index (χ1v) is 11.1. The van der Waals surface area contributed by atoms with E-state index in [0.717, 1.165) is 4.68 Å². The van der Waals surface area contributed by atoms with Gasteiger partial charge in [0.25, 0.3) is 5.56 Å². The summed E-state index contributed by atoms with van der Waals surface area (Å²) in [6.07, 6.45) is 1.36. The number of benzene rings is 2. The highest BCUT2D eigenvalue weighted by Gasteiger charge is 2.22. The molecule has 184 valence electrons. The maximum absolute atomic E-state index is 12.8. The van der Waals surface area contributed by atoms with Crippen LogP contribution in [0.25, 0.3) is 11.1 Å². The number of ether oxygens (including phenoxy) is 1. The van der Waals surface area contributed by atoms with Gasteiger partial charge in [-0.1, -0.05) is 53.5 Å². The number of aliphatic hydroxyl groups is 1. The van der Waals surface area contributed by atoms with E-state index in [4.69, 9.17) is 33.0 Å². The van der Waals surface area contributed by atoms with E-state index < -0.39 is 23.6 Å². The van der Waals surface area contributed by atoms with Crippen LogP contribution in [0.5, 0.6) is 5.75 Å². The number of carbonyl (C=O) groups is 2. The molecule has 2 amide bonds. The molecule has 0 aliphatic carbocycles. The zero-order valence-electron chi connectivity index (χ0n) is 18.5. The predicted octanol–water partition coefficient (Wildman–Crippen LogP) is 3.04. The monoisotopic (exact) mass is 520 g/mol. The molecule has 10 nitrogen and oxygen atoms in total. The fraction of sp³-hybridized carbons (Fsp3) is 0.217. The lowest BCUT2D eigenvalue weighted by atomic mass is 10.0. The average molecular weight is 521 g/mol. The molecule has 0 fully saturated rings. The van der Waals surface area contributed by atoms with Crippen LogP contribution >= 0.6 is 23.2 Å². The number of aliphatic carboxylic acids is 1. The summed E-state index contributed by atoms with van der Waals surface area (Å²) in [6.45, 7) is -0.223. The molecule has 0 saturated carbocycles. The standard InChI is InChI=1S/C23H22Cl2N4O6/c1-35-18-12-26-29(9-10-30)21(31)19(18)14-7-5-13(6-8-14)11-17(22(32)33)27-23(34)28-20-15(24)3-2-4-16(20)25/h2-8,12,17,30H,9-11H2,1H3,(H,32,33)(H2,27,28,34)/t17-/m0/s1. The summed E-state index contributed by atoms with van der Waals surface area (Å²) >= 11 is 12.1. The summed E-state index contributed by atoms with van der Waals surface area (Å²) in [6, 6.07) is 9.22. The number of hydrogen-bond acceptors (Lipinski definition) is 6. The molecule has 3 aromatic rings. The smallest absolute Gasteiger partial charge is 0.326 e. The van der Waals surface area contributed by atoms with Crippen molar-refractivity contribution in [3.8, 4) is 16.9 Å². The van der Waals surface area contributed by atoms with Gasteiger partial charge in [-0.05, 0) is 23.3 Å². The van der Waals surface area contributed by atoms with Crippen molar-refractivity contribution in [2.45, 2.75) is 19.0 Å². The van der Waals surface area contributed by atoms with Crippen LogP contribution in [0.3, 0.4) is 0 Å². The summed E-state index contributed by atoms with van der Waals surface area (Å²) in [7, 11) is 1.41. The van der Waals surface area contributed by atoms with E-state index >= 15 is 0 Å². The first-order chi connectivity index (χ1) is 16.7. The van der Waals surface area contributed by atoms with Crippen molar-refractivity contribution in [1.82, 2.24) is 15.1 Å². The SMILES string of the molecule is COc1cnn(CCO)c(=O)c1-c1ccc(C[C@H](NC(=O)Nc2c(Cl)cccc2Cl)C(=O)O)cc1. The summed E-state index contributed by atoms with van der Waals surface area (Å²) < 4.78 is 6.39. The molecule has 0 unspecified atom stereocenters. The minimum absolute atomic E-state index is 0.0263. The number of urea groups is 1. The lowest BCUT2D eigenvalue weighted by Gasteiger charge is -2.17. The third-order valence-electron chi connectivity index (χ3n) is 5.03. The van der Waals surface area contributed by atoms with E-state index in [1.165, 1.54) is 25.4 Å². The van der Waals surface area contributed by atoms with Crippen molar-refractivity contribution in [3.63, 3.8) is 0 Å². The van der Waals surface area contributed by atoms with Gasteiger partial charge in [0, 0.05) is 6.42 Å². The highest BCUT2D eigenvalue weighted by molar-refractivity contribution is 6.39. The third-order valence-corrected chi connectivity index (χ3v) is 5.66. The lowest BCUT2D eigenvalue weighted by molar-refractivity contribution is -0.139. The summed E-state index contributed by atoms with van der Waals surface area (Å²) in [5.41, 5.74) is 1.11. The summed E-state index contributed by atoms with van der Waals surface area (Å²) in [4.78, 5) is 36.9. The molecule has 0 spiro atoms. The summed E-state index contributed by atoms with van der Waals surface area (Å²) in [5, 5.41) is 28.0. The Morgan fingerprint density at radius 2 is 1.80 bits per heavy atom. The molecule has 2 aromatic carbocycles. The second-order valence-corrected chi connectivity index (χ2v) is 8.14. The Morgan fingerprint density at radius 1 is 1.14 bits per heavy atom. The first-order valence-electron chi connectivity index (χ1n) is 10.3. The zero-order valence-corrected chi connectivity index (χ0v) is 20.0. The molecule has 0 aliphatic rings. The zero-order chi connectivity index (χ0) is 25.5. The molecule has 0 radical (unpaired) electrons.